The molecule has 2 N–H and O–H groups in total. The van der Waals surface area contributed by atoms with Crippen LogP contribution in [0.2, 0.25) is 10.0 Å². The van der Waals surface area contributed by atoms with Gasteiger partial charge in [0.25, 0.3) is 10.0 Å². The molecule has 0 spiro atoms. The number of alkyl halides is 3. The van der Waals surface area contributed by atoms with E-state index < -0.39 is 22.2 Å². The number of aromatic nitrogens is 2. The Kier molecular flexibility index (Phi) is 9.81. The maximum Gasteiger partial charge on any atom is 0.490 e. The summed E-state index contributed by atoms with van der Waals surface area (Å²) >= 11 is 13.8. The van der Waals surface area contributed by atoms with Crippen molar-refractivity contribution < 1.29 is 31.5 Å². The summed E-state index contributed by atoms with van der Waals surface area (Å²) in [5.41, 5.74) is 1.91. The molecule has 1 aliphatic heterocycles. The van der Waals surface area contributed by atoms with Crippen LogP contribution in [0.1, 0.15) is 12.0 Å². The molecule has 206 valence electrons. The standard InChI is InChI=1S/C20H21Cl2N5O2S2.C2HF3O2/c1-26(15-8-9-27(12-15)11-14-4-2-3-5-17(14)21)19-7-6-16(10-18(19)22)31(28,29)25-20-23-13-24-30-20;3-2(4,5)1(6)7/h2-7,10,13,15H,8-9,11-12H2,1H3,(H,23,24,25);(H,6,7). The molecule has 2 heterocycles. The van der Waals surface area contributed by atoms with Gasteiger partial charge in [-0.1, -0.05) is 41.4 Å². The zero-order valence-corrected chi connectivity index (χ0v) is 22.8. The Balaban J connectivity index is 0.000000505. The average Bonchev–Trinajstić information content (AvgIpc) is 3.52. The van der Waals surface area contributed by atoms with Crippen molar-refractivity contribution in [1.82, 2.24) is 14.3 Å². The first-order valence-electron chi connectivity index (χ1n) is 10.9. The number of nitrogens with zero attached hydrogens (tertiary/aromatic N) is 4. The zero-order valence-electron chi connectivity index (χ0n) is 19.7. The molecule has 1 atom stereocenters. The molecule has 2 aromatic carbocycles. The molecule has 1 fully saturated rings. The van der Waals surface area contributed by atoms with Gasteiger partial charge in [-0.15, -0.1) is 0 Å². The third kappa shape index (κ3) is 7.93. The molecule has 0 amide bonds. The van der Waals surface area contributed by atoms with E-state index in [4.69, 9.17) is 33.1 Å². The number of halogens is 5. The average molecular weight is 612 g/mol. The van der Waals surface area contributed by atoms with E-state index in [1.165, 1.54) is 12.4 Å². The van der Waals surface area contributed by atoms with Gasteiger partial charge in [0.2, 0.25) is 5.13 Å². The van der Waals surface area contributed by atoms with Crippen LogP contribution in [0.4, 0.5) is 24.0 Å². The van der Waals surface area contributed by atoms with Crippen LogP contribution in [0.5, 0.6) is 0 Å². The van der Waals surface area contributed by atoms with Crippen molar-refractivity contribution in [2.75, 3.05) is 29.8 Å². The first-order valence-corrected chi connectivity index (χ1v) is 13.9. The summed E-state index contributed by atoms with van der Waals surface area (Å²) in [4.78, 5) is 17.3. The third-order valence-electron chi connectivity index (χ3n) is 5.58. The normalized spacial score (nSPS) is 16.0. The summed E-state index contributed by atoms with van der Waals surface area (Å²) < 4.78 is 63.1. The van der Waals surface area contributed by atoms with Gasteiger partial charge < -0.3 is 10.0 Å². The van der Waals surface area contributed by atoms with Crippen molar-refractivity contribution in [3.63, 3.8) is 0 Å². The fraction of sp³-hybridized carbons (Fsp3) is 0.318. The Labute approximate surface area is 231 Å². The van der Waals surface area contributed by atoms with Crippen LogP contribution >= 0.6 is 34.7 Å². The van der Waals surface area contributed by atoms with Crippen LogP contribution in [-0.4, -0.2) is 66.1 Å². The number of likely N-dealkylation sites (tertiary alicyclic amines) is 1. The molecular weight excluding hydrogens is 590 g/mol. The number of hydrogen-bond donors (Lipinski definition) is 2. The van der Waals surface area contributed by atoms with Crippen molar-refractivity contribution in [1.29, 1.82) is 0 Å². The SMILES string of the molecule is CN(c1ccc(S(=O)(=O)Nc2ncns2)cc1Cl)C1CCN(Cc2ccccc2Cl)C1.O=C(O)C(F)(F)F. The van der Waals surface area contributed by atoms with Crippen LogP contribution in [-0.2, 0) is 21.4 Å². The van der Waals surface area contributed by atoms with Gasteiger partial charge in [-0.2, -0.15) is 17.5 Å². The highest BCUT2D eigenvalue weighted by atomic mass is 35.5. The lowest BCUT2D eigenvalue weighted by Gasteiger charge is -2.28. The molecule has 1 aromatic heterocycles. The summed E-state index contributed by atoms with van der Waals surface area (Å²) in [7, 11) is -1.80. The van der Waals surface area contributed by atoms with Gasteiger partial charge in [-0.25, -0.2) is 18.2 Å². The number of carboxylic acid groups (broad SMARTS) is 1. The topological polar surface area (TPSA) is 116 Å². The van der Waals surface area contributed by atoms with E-state index in [0.717, 1.165) is 53.9 Å². The van der Waals surface area contributed by atoms with Crippen molar-refractivity contribution in [2.24, 2.45) is 0 Å². The second-order valence-electron chi connectivity index (χ2n) is 8.15. The number of benzene rings is 2. The largest absolute Gasteiger partial charge is 0.490 e. The lowest BCUT2D eigenvalue weighted by Crippen LogP contribution is -2.34. The molecule has 16 heteroatoms. The molecule has 1 unspecified atom stereocenters. The lowest BCUT2D eigenvalue weighted by molar-refractivity contribution is -0.192. The van der Waals surface area contributed by atoms with E-state index in [-0.39, 0.29) is 16.1 Å². The fourth-order valence-electron chi connectivity index (χ4n) is 3.67. The second-order valence-corrected chi connectivity index (χ2v) is 11.4. The van der Waals surface area contributed by atoms with Gasteiger partial charge in [0.15, 0.2) is 0 Å². The zero-order chi connectivity index (χ0) is 28.1. The van der Waals surface area contributed by atoms with Crippen molar-refractivity contribution in [3.8, 4) is 0 Å². The Morgan fingerprint density at radius 1 is 1.24 bits per heavy atom. The Hall–Kier alpha value is -2.65. The number of hydrogen-bond acceptors (Lipinski definition) is 8. The van der Waals surface area contributed by atoms with Gasteiger partial charge >= 0.3 is 12.1 Å². The quantitative estimate of drug-likeness (QED) is 0.384. The number of rotatable bonds is 7. The molecule has 38 heavy (non-hydrogen) atoms. The monoisotopic (exact) mass is 611 g/mol. The van der Waals surface area contributed by atoms with Crippen LogP contribution < -0.4 is 9.62 Å². The number of nitrogens with one attached hydrogen (secondary N) is 1. The van der Waals surface area contributed by atoms with Crippen molar-refractivity contribution in [3.05, 3.63) is 64.4 Å². The Morgan fingerprint density at radius 2 is 1.92 bits per heavy atom. The predicted molar refractivity (Wildman–Crippen MR) is 139 cm³/mol. The molecule has 4 rings (SSSR count). The van der Waals surface area contributed by atoms with Gasteiger partial charge in [-0.3, -0.25) is 9.62 Å². The van der Waals surface area contributed by atoms with E-state index in [9.17, 15) is 21.6 Å². The van der Waals surface area contributed by atoms with Crippen LogP contribution in [0.15, 0.2) is 53.7 Å². The first kappa shape index (κ1) is 29.9. The van der Waals surface area contributed by atoms with Crippen LogP contribution in [0.3, 0.4) is 0 Å². The number of anilines is 2. The fourth-order valence-corrected chi connectivity index (χ4v) is 5.93. The molecule has 0 aliphatic carbocycles. The predicted octanol–water partition coefficient (Wildman–Crippen LogP) is 4.99. The third-order valence-corrected chi connectivity index (χ3v) is 8.30. The lowest BCUT2D eigenvalue weighted by atomic mass is 10.2. The molecular formula is C22H22Cl2F3N5O4S2. The highest BCUT2D eigenvalue weighted by molar-refractivity contribution is 7.93. The Bertz CT molecular complexity index is 1360. The molecule has 9 nitrogen and oxygen atoms in total. The second kappa shape index (κ2) is 12.5. The number of carboxylic acids is 1. The number of carbonyl (C=O) groups is 1. The summed E-state index contributed by atoms with van der Waals surface area (Å²) in [6.45, 7) is 2.62. The smallest absolute Gasteiger partial charge is 0.475 e. The van der Waals surface area contributed by atoms with E-state index in [0.29, 0.717) is 5.02 Å². The van der Waals surface area contributed by atoms with Crippen molar-refractivity contribution >= 4 is 61.5 Å². The van der Waals surface area contributed by atoms with Crippen LogP contribution in [0, 0.1) is 0 Å². The van der Waals surface area contributed by atoms with Gasteiger partial charge in [0, 0.05) is 49.3 Å². The molecule has 1 saturated heterocycles. The van der Waals surface area contributed by atoms with E-state index in [2.05, 4.69) is 23.9 Å². The molecule has 3 aromatic rings. The van der Waals surface area contributed by atoms with E-state index in [1.807, 2.05) is 31.3 Å². The highest BCUT2D eigenvalue weighted by Crippen LogP contribution is 2.32. The van der Waals surface area contributed by atoms with Gasteiger partial charge in [0.05, 0.1) is 15.6 Å². The number of sulfonamides is 1. The maximum atomic E-state index is 12.6. The summed E-state index contributed by atoms with van der Waals surface area (Å²) in [6, 6.07) is 12.9. The van der Waals surface area contributed by atoms with E-state index >= 15 is 0 Å². The van der Waals surface area contributed by atoms with Gasteiger partial charge in [-0.05, 0) is 36.2 Å². The molecule has 0 radical (unpaired) electrons. The Morgan fingerprint density at radius 3 is 2.50 bits per heavy atom. The number of aliphatic carboxylic acids is 1. The first-order chi connectivity index (χ1) is 17.8. The van der Waals surface area contributed by atoms with Crippen LogP contribution in [0.25, 0.3) is 0 Å². The molecule has 1 aliphatic rings. The molecule has 0 bridgehead atoms. The van der Waals surface area contributed by atoms with Gasteiger partial charge in [0.1, 0.15) is 6.33 Å². The van der Waals surface area contributed by atoms with Crippen molar-refractivity contribution in [2.45, 2.75) is 30.1 Å². The molecule has 0 saturated carbocycles. The maximum absolute atomic E-state index is 12.6. The summed E-state index contributed by atoms with van der Waals surface area (Å²) in [6.07, 6.45) is -2.81. The minimum Gasteiger partial charge on any atom is -0.475 e. The number of likely N-dealkylation sites (N-methyl/N-ethyl adjacent to an activating group) is 1. The minimum atomic E-state index is -5.08. The minimum absolute atomic E-state index is 0.0802. The highest BCUT2D eigenvalue weighted by Gasteiger charge is 2.38. The van der Waals surface area contributed by atoms with E-state index in [1.54, 1.807) is 12.1 Å². The summed E-state index contributed by atoms with van der Waals surface area (Å²) in [5, 5.41) is 8.50. The summed E-state index contributed by atoms with van der Waals surface area (Å²) in [5.74, 6) is -2.76.